The van der Waals surface area contributed by atoms with Crippen LogP contribution in [0.1, 0.15) is 33.1 Å². The third-order valence-corrected chi connectivity index (χ3v) is 2.84. The molecule has 0 aromatic heterocycles. The summed E-state index contributed by atoms with van der Waals surface area (Å²) in [5.41, 5.74) is 0.862. The second-order valence-electron chi connectivity index (χ2n) is 4.34. The maximum atomic E-state index is 12.0. The molecule has 3 heteroatoms. The van der Waals surface area contributed by atoms with Crippen LogP contribution in [0.25, 0.3) is 0 Å². The van der Waals surface area contributed by atoms with Crippen LogP contribution < -0.4 is 0 Å². The molecule has 1 rings (SSSR count). The lowest BCUT2D eigenvalue weighted by molar-refractivity contribution is -0.123. The molecule has 17 heavy (non-hydrogen) atoms. The number of carbonyl (C=O) groups excluding carboxylic acids is 1. The van der Waals surface area contributed by atoms with Crippen molar-refractivity contribution in [2.45, 2.75) is 39.2 Å². The first-order valence-corrected chi connectivity index (χ1v) is 6.41. The highest BCUT2D eigenvalue weighted by molar-refractivity contribution is 6.01. The summed E-state index contributed by atoms with van der Waals surface area (Å²) in [6.07, 6.45) is 8.40. The van der Waals surface area contributed by atoms with E-state index in [-0.39, 0.29) is 11.9 Å². The molecule has 1 unspecified atom stereocenters. The van der Waals surface area contributed by atoms with Crippen molar-refractivity contribution in [3.63, 3.8) is 0 Å². The Balaban J connectivity index is 2.75. The monoisotopic (exact) mass is 237 g/mol. The van der Waals surface area contributed by atoms with Crippen LogP contribution in [0, 0.1) is 0 Å². The summed E-state index contributed by atoms with van der Waals surface area (Å²) in [5.74, 6) is 0.104. The maximum absolute atomic E-state index is 12.0. The van der Waals surface area contributed by atoms with Crippen molar-refractivity contribution in [2.24, 2.45) is 0 Å². The number of rotatable bonds is 6. The van der Waals surface area contributed by atoms with E-state index in [1.807, 2.05) is 18.4 Å². The zero-order valence-electron chi connectivity index (χ0n) is 11.1. The fraction of sp³-hybridized carbons (Fsp3) is 0.643. The van der Waals surface area contributed by atoms with Gasteiger partial charge in [-0.2, -0.15) is 0 Å². The second-order valence-corrected chi connectivity index (χ2v) is 4.34. The van der Waals surface area contributed by atoms with Crippen molar-refractivity contribution in [3.05, 3.63) is 23.9 Å². The number of carbonyl (C=O) groups is 1. The third-order valence-electron chi connectivity index (χ3n) is 2.84. The van der Waals surface area contributed by atoms with Crippen LogP contribution in [-0.2, 0) is 9.53 Å². The summed E-state index contributed by atoms with van der Waals surface area (Å²) < 4.78 is 5.14. The van der Waals surface area contributed by atoms with Gasteiger partial charge in [-0.3, -0.25) is 4.79 Å². The largest absolute Gasteiger partial charge is 0.377 e. The first-order valence-electron chi connectivity index (χ1n) is 6.41. The molecule has 0 N–H and O–H groups in total. The van der Waals surface area contributed by atoms with Gasteiger partial charge in [0.2, 0.25) is 0 Å². The molecule has 1 aliphatic carbocycles. The van der Waals surface area contributed by atoms with Gasteiger partial charge < -0.3 is 9.64 Å². The predicted octanol–water partition coefficient (Wildman–Crippen LogP) is 2.54. The predicted molar refractivity (Wildman–Crippen MR) is 69.8 cm³/mol. The fourth-order valence-electron chi connectivity index (χ4n) is 2.03. The molecular formula is C14H23NO2. The van der Waals surface area contributed by atoms with E-state index in [0.29, 0.717) is 0 Å². The normalized spacial score (nSPS) is 22.2. The average molecular weight is 237 g/mol. The molecule has 0 aliphatic heterocycles. The van der Waals surface area contributed by atoms with Gasteiger partial charge in [-0.05, 0) is 19.3 Å². The van der Waals surface area contributed by atoms with Crippen LogP contribution in [0.15, 0.2) is 23.9 Å². The molecule has 0 amide bonds. The van der Waals surface area contributed by atoms with Crippen LogP contribution in [-0.4, -0.2) is 37.0 Å². The minimum absolute atomic E-state index is 0.104. The summed E-state index contributed by atoms with van der Waals surface area (Å²) in [7, 11) is 1.58. The Bertz CT molecular complexity index is 301. The maximum Gasteiger partial charge on any atom is 0.193 e. The van der Waals surface area contributed by atoms with Gasteiger partial charge in [-0.15, -0.1) is 0 Å². The van der Waals surface area contributed by atoms with Crippen LogP contribution in [0.5, 0.6) is 0 Å². The first-order chi connectivity index (χ1) is 8.22. The van der Waals surface area contributed by atoms with Crippen molar-refractivity contribution in [1.29, 1.82) is 0 Å². The molecule has 0 bridgehead atoms. The highest BCUT2D eigenvalue weighted by Crippen LogP contribution is 2.17. The second kappa shape index (κ2) is 7.28. The Morgan fingerprint density at radius 1 is 1.41 bits per heavy atom. The van der Waals surface area contributed by atoms with Gasteiger partial charge in [0.05, 0.1) is 0 Å². The van der Waals surface area contributed by atoms with Crippen molar-refractivity contribution in [2.75, 3.05) is 20.2 Å². The van der Waals surface area contributed by atoms with E-state index in [0.717, 1.165) is 37.9 Å². The van der Waals surface area contributed by atoms with Crippen LogP contribution in [0.3, 0.4) is 0 Å². The van der Waals surface area contributed by atoms with Crippen molar-refractivity contribution >= 4 is 5.78 Å². The van der Waals surface area contributed by atoms with Gasteiger partial charge in [0.1, 0.15) is 6.10 Å². The lowest BCUT2D eigenvalue weighted by Gasteiger charge is -2.23. The Morgan fingerprint density at radius 2 is 2.06 bits per heavy atom. The SMILES string of the molecule is CCCN(C=C1CC=CC(OC)C1=O)CCC. The Kier molecular flexibility index (Phi) is 5.98. The summed E-state index contributed by atoms with van der Waals surface area (Å²) in [6.45, 7) is 6.32. The van der Waals surface area contributed by atoms with Gasteiger partial charge in [0.15, 0.2) is 5.78 Å². The van der Waals surface area contributed by atoms with Crippen LogP contribution >= 0.6 is 0 Å². The van der Waals surface area contributed by atoms with E-state index in [9.17, 15) is 4.79 Å². The highest BCUT2D eigenvalue weighted by atomic mass is 16.5. The molecule has 0 radical (unpaired) electrons. The van der Waals surface area contributed by atoms with Gasteiger partial charge in [0.25, 0.3) is 0 Å². The molecule has 1 aliphatic rings. The van der Waals surface area contributed by atoms with Gasteiger partial charge in [0, 0.05) is 32.0 Å². The van der Waals surface area contributed by atoms with E-state index in [1.165, 1.54) is 0 Å². The number of ether oxygens (including phenoxy) is 1. The quantitative estimate of drug-likeness (QED) is 0.525. The van der Waals surface area contributed by atoms with Gasteiger partial charge in [-0.25, -0.2) is 0 Å². The lowest BCUT2D eigenvalue weighted by atomic mass is 9.98. The number of ketones is 1. The smallest absolute Gasteiger partial charge is 0.193 e. The average Bonchev–Trinajstić information content (AvgIpc) is 2.32. The minimum atomic E-state index is -0.389. The number of hydrogen-bond donors (Lipinski definition) is 0. The van der Waals surface area contributed by atoms with E-state index in [4.69, 9.17) is 4.74 Å². The van der Waals surface area contributed by atoms with Gasteiger partial charge in [-0.1, -0.05) is 26.0 Å². The van der Waals surface area contributed by atoms with E-state index >= 15 is 0 Å². The Labute approximate surface area is 104 Å². The first kappa shape index (κ1) is 14.0. The molecular weight excluding hydrogens is 214 g/mol. The minimum Gasteiger partial charge on any atom is -0.377 e. The van der Waals surface area contributed by atoms with Crippen molar-refractivity contribution in [1.82, 2.24) is 4.90 Å². The standard InChI is InChI=1S/C14H23NO2/c1-4-9-15(10-5-2)11-12-7-6-8-13(17-3)14(12)16/h6,8,11,13H,4-5,7,9-10H2,1-3H3. The van der Waals surface area contributed by atoms with Crippen molar-refractivity contribution < 1.29 is 9.53 Å². The molecule has 0 heterocycles. The highest BCUT2D eigenvalue weighted by Gasteiger charge is 2.22. The molecule has 0 aromatic rings. The number of allylic oxidation sites excluding steroid dienone is 1. The molecule has 0 spiro atoms. The molecule has 0 saturated heterocycles. The van der Waals surface area contributed by atoms with E-state index in [1.54, 1.807) is 7.11 Å². The molecule has 0 aromatic carbocycles. The third kappa shape index (κ3) is 4.00. The van der Waals surface area contributed by atoms with Crippen LogP contribution in [0.2, 0.25) is 0 Å². The summed E-state index contributed by atoms with van der Waals surface area (Å²) in [6, 6.07) is 0. The summed E-state index contributed by atoms with van der Waals surface area (Å²) >= 11 is 0. The van der Waals surface area contributed by atoms with Crippen molar-refractivity contribution in [3.8, 4) is 0 Å². The number of methoxy groups -OCH3 is 1. The van der Waals surface area contributed by atoms with Gasteiger partial charge >= 0.3 is 0 Å². The number of hydrogen-bond acceptors (Lipinski definition) is 3. The Morgan fingerprint density at radius 3 is 2.59 bits per heavy atom. The zero-order valence-corrected chi connectivity index (χ0v) is 11.1. The molecule has 0 fully saturated rings. The lowest BCUT2D eigenvalue weighted by Crippen LogP contribution is -2.28. The zero-order chi connectivity index (χ0) is 12.7. The Hall–Kier alpha value is -1.09. The molecule has 96 valence electrons. The molecule has 0 saturated carbocycles. The summed E-state index contributed by atoms with van der Waals surface area (Å²) in [5, 5.41) is 0. The number of Topliss-reactive ketones (excluding diaryl/α,β-unsaturated/α-hetero) is 1. The van der Waals surface area contributed by atoms with E-state index in [2.05, 4.69) is 18.7 Å². The van der Waals surface area contributed by atoms with E-state index < -0.39 is 0 Å². The van der Waals surface area contributed by atoms with Crippen LogP contribution in [0.4, 0.5) is 0 Å². The summed E-state index contributed by atoms with van der Waals surface area (Å²) in [4.78, 5) is 14.3. The number of nitrogens with zero attached hydrogens (tertiary/aromatic N) is 1. The molecule has 3 nitrogen and oxygen atoms in total. The molecule has 1 atom stereocenters. The topological polar surface area (TPSA) is 29.5 Å². The fourth-order valence-corrected chi connectivity index (χ4v) is 2.03.